The second kappa shape index (κ2) is 7.70. The Morgan fingerprint density at radius 2 is 1.96 bits per heavy atom. The Kier molecular flexibility index (Phi) is 5.40. The molecule has 1 saturated heterocycles. The molecule has 2 aromatic rings. The van der Waals surface area contributed by atoms with Gasteiger partial charge in [0.05, 0.1) is 34.5 Å². The molecule has 0 bridgehead atoms. The SMILES string of the molecule is O=C(NNc1ccc(Cl)c(Cl)c1)c1cccnc1N1CCOCC1. The molecule has 0 atom stereocenters. The highest BCUT2D eigenvalue weighted by Gasteiger charge is 2.19. The average molecular weight is 367 g/mol. The first-order chi connectivity index (χ1) is 11.6. The molecule has 2 N–H and O–H groups in total. The van der Waals surface area contributed by atoms with Crippen molar-refractivity contribution in [3.05, 3.63) is 52.1 Å². The molecule has 0 spiro atoms. The van der Waals surface area contributed by atoms with E-state index in [2.05, 4.69) is 15.8 Å². The maximum atomic E-state index is 12.5. The first-order valence-corrected chi connectivity index (χ1v) is 8.20. The Balaban J connectivity index is 1.71. The molecule has 2 heterocycles. The lowest BCUT2D eigenvalue weighted by atomic mass is 10.2. The van der Waals surface area contributed by atoms with Crippen LogP contribution in [0.3, 0.4) is 0 Å². The Hall–Kier alpha value is -2.02. The Labute approximate surface area is 149 Å². The van der Waals surface area contributed by atoms with Gasteiger partial charge in [0.2, 0.25) is 0 Å². The zero-order valence-electron chi connectivity index (χ0n) is 12.8. The zero-order chi connectivity index (χ0) is 16.9. The van der Waals surface area contributed by atoms with Crippen LogP contribution in [0.25, 0.3) is 0 Å². The summed E-state index contributed by atoms with van der Waals surface area (Å²) in [6.07, 6.45) is 1.67. The number of morpholine rings is 1. The molecule has 8 heteroatoms. The Morgan fingerprint density at radius 1 is 1.17 bits per heavy atom. The molecule has 1 fully saturated rings. The van der Waals surface area contributed by atoms with E-state index in [0.717, 1.165) is 0 Å². The molecular formula is C16H16Cl2N4O2. The van der Waals surface area contributed by atoms with E-state index in [4.69, 9.17) is 27.9 Å². The minimum absolute atomic E-state index is 0.282. The molecule has 3 rings (SSSR count). The lowest BCUT2D eigenvalue weighted by Crippen LogP contribution is -2.39. The van der Waals surface area contributed by atoms with Crippen LogP contribution in [0, 0.1) is 0 Å². The highest BCUT2D eigenvalue weighted by molar-refractivity contribution is 6.42. The third kappa shape index (κ3) is 3.90. The van der Waals surface area contributed by atoms with Gasteiger partial charge in [-0.25, -0.2) is 4.98 Å². The van der Waals surface area contributed by atoms with E-state index in [-0.39, 0.29) is 5.91 Å². The number of amides is 1. The molecule has 0 radical (unpaired) electrons. The number of carbonyl (C=O) groups excluding carboxylic acids is 1. The van der Waals surface area contributed by atoms with Gasteiger partial charge >= 0.3 is 0 Å². The Bertz CT molecular complexity index is 736. The topological polar surface area (TPSA) is 66.5 Å². The number of rotatable bonds is 4. The van der Waals surface area contributed by atoms with Crippen LogP contribution in [0.1, 0.15) is 10.4 Å². The molecule has 0 aliphatic carbocycles. The molecule has 126 valence electrons. The van der Waals surface area contributed by atoms with Crippen molar-refractivity contribution in [3.63, 3.8) is 0 Å². The number of halogens is 2. The van der Waals surface area contributed by atoms with Crippen LogP contribution < -0.4 is 15.8 Å². The molecule has 1 aliphatic rings. The van der Waals surface area contributed by atoms with Gasteiger partial charge in [0, 0.05) is 19.3 Å². The maximum absolute atomic E-state index is 12.5. The minimum Gasteiger partial charge on any atom is -0.378 e. The first-order valence-electron chi connectivity index (χ1n) is 7.44. The largest absolute Gasteiger partial charge is 0.378 e. The Morgan fingerprint density at radius 3 is 2.71 bits per heavy atom. The van der Waals surface area contributed by atoms with Crippen molar-refractivity contribution in [3.8, 4) is 0 Å². The number of hydrazine groups is 1. The van der Waals surface area contributed by atoms with E-state index in [9.17, 15) is 4.79 Å². The number of aromatic nitrogens is 1. The summed E-state index contributed by atoms with van der Waals surface area (Å²) in [5, 5.41) is 0.863. The predicted molar refractivity (Wildman–Crippen MR) is 94.8 cm³/mol. The van der Waals surface area contributed by atoms with Crippen LogP contribution in [-0.4, -0.2) is 37.2 Å². The predicted octanol–water partition coefficient (Wildman–Crippen LogP) is 2.98. The van der Waals surface area contributed by atoms with Crippen molar-refractivity contribution in [2.24, 2.45) is 0 Å². The monoisotopic (exact) mass is 366 g/mol. The molecule has 24 heavy (non-hydrogen) atoms. The zero-order valence-corrected chi connectivity index (χ0v) is 14.3. The van der Waals surface area contributed by atoms with E-state index >= 15 is 0 Å². The lowest BCUT2D eigenvalue weighted by Gasteiger charge is -2.29. The summed E-state index contributed by atoms with van der Waals surface area (Å²) in [6, 6.07) is 8.49. The normalized spacial score (nSPS) is 14.3. The van der Waals surface area contributed by atoms with Gasteiger partial charge in [-0.15, -0.1) is 0 Å². The second-order valence-corrected chi connectivity index (χ2v) is 6.00. The van der Waals surface area contributed by atoms with Gasteiger partial charge < -0.3 is 9.64 Å². The lowest BCUT2D eigenvalue weighted by molar-refractivity contribution is 0.0960. The number of hydrogen-bond acceptors (Lipinski definition) is 5. The van der Waals surface area contributed by atoms with Crippen molar-refractivity contribution < 1.29 is 9.53 Å². The molecular weight excluding hydrogens is 351 g/mol. The third-order valence-corrected chi connectivity index (χ3v) is 4.32. The van der Waals surface area contributed by atoms with E-state index in [1.807, 2.05) is 4.90 Å². The standard InChI is InChI=1S/C16H16Cl2N4O2/c17-13-4-3-11(10-14(13)18)20-21-16(23)12-2-1-5-19-15(12)22-6-8-24-9-7-22/h1-5,10,20H,6-9H2,(H,21,23). The van der Waals surface area contributed by atoms with Crippen molar-refractivity contribution in [2.75, 3.05) is 36.6 Å². The van der Waals surface area contributed by atoms with Gasteiger partial charge in [-0.05, 0) is 30.3 Å². The molecule has 0 saturated carbocycles. The number of benzene rings is 1. The smallest absolute Gasteiger partial charge is 0.273 e. The summed E-state index contributed by atoms with van der Waals surface area (Å²) < 4.78 is 5.34. The van der Waals surface area contributed by atoms with Crippen LogP contribution >= 0.6 is 23.2 Å². The van der Waals surface area contributed by atoms with Crippen LogP contribution in [0.5, 0.6) is 0 Å². The highest BCUT2D eigenvalue weighted by Crippen LogP contribution is 2.25. The quantitative estimate of drug-likeness (QED) is 0.814. The second-order valence-electron chi connectivity index (χ2n) is 5.18. The number of anilines is 2. The number of ether oxygens (including phenoxy) is 1. The van der Waals surface area contributed by atoms with Crippen molar-refractivity contribution in [1.29, 1.82) is 0 Å². The molecule has 6 nitrogen and oxygen atoms in total. The fourth-order valence-electron chi connectivity index (χ4n) is 2.37. The van der Waals surface area contributed by atoms with Crippen LogP contribution in [-0.2, 0) is 4.74 Å². The average Bonchev–Trinajstić information content (AvgIpc) is 2.63. The van der Waals surface area contributed by atoms with Crippen molar-refractivity contribution >= 4 is 40.6 Å². The number of nitrogens with one attached hydrogen (secondary N) is 2. The van der Waals surface area contributed by atoms with Crippen LogP contribution in [0.2, 0.25) is 10.0 Å². The fraction of sp³-hybridized carbons (Fsp3) is 0.250. The molecule has 1 aliphatic heterocycles. The van der Waals surface area contributed by atoms with Gasteiger partial charge in [-0.3, -0.25) is 15.6 Å². The number of hydrogen-bond donors (Lipinski definition) is 2. The van der Waals surface area contributed by atoms with Gasteiger partial charge in [-0.1, -0.05) is 23.2 Å². The van der Waals surface area contributed by atoms with E-state index in [0.29, 0.717) is 53.4 Å². The van der Waals surface area contributed by atoms with Gasteiger partial charge in [0.25, 0.3) is 5.91 Å². The van der Waals surface area contributed by atoms with Crippen molar-refractivity contribution in [2.45, 2.75) is 0 Å². The van der Waals surface area contributed by atoms with E-state index in [1.165, 1.54) is 0 Å². The minimum atomic E-state index is -0.282. The fourth-order valence-corrected chi connectivity index (χ4v) is 2.67. The van der Waals surface area contributed by atoms with Crippen molar-refractivity contribution in [1.82, 2.24) is 10.4 Å². The highest BCUT2D eigenvalue weighted by atomic mass is 35.5. The van der Waals surface area contributed by atoms with E-state index in [1.54, 1.807) is 36.5 Å². The van der Waals surface area contributed by atoms with Gasteiger partial charge in [0.15, 0.2) is 0 Å². The van der Waals surface area contributed by atoms with Gasteiger partial charge in [0.1, 0.15) is 5.82 Å². The third-order valence-electron chi connectivity index (χ3n) is 3.58. The summed E-state index contributed by atoms with van der Waals surface area (Å²) in [4.78, 5) is 18.9. The van der Waals surface area contributed by atoms with Crippen LogP contribution in [0.4, 0.5) is 11.5 Å². The van der Waals surface area contributed by atoms with Crippen LogP contribution in [0.15, 0.2) is 36.5 Å². The maximum Gasteiger partial charge on any atom is 0.273 e. The molecule has 1 aromatic carbocycles. The van der Waals surface area contributed by atoms with E-state index < -0.39 is 0 Å². The number of carbonyl (C=O) groups is 1. The summed E-state index contributed by atoms with van der Waals surface area (Å²) in [7, 11) is 0. The molecule has 1 aromatic heterocycles. The number of pyridine rings is 1. The summed E-state index contributed by atoms with van der Waals surface area (Å²) in [6.45, 7) is 2.66. The number of nitrogens with zero attached hydrogens (tertiary/aromatic N) is 2. The summed E-state index contributed by atoms with van der Waals surface area (Å²) in [5.74, 6) is 0.366. The first kappa shape index (κ1) is 16.8. The molecule has 1 amide bonds. The summed E-state index contributed by atoms with van der Waals surface area (Å²) in [5.41, 5.74) is 6.61. The molecule has 0 unspecified atom stereocenters. The summed E-state index contributed by atoms with van der Waals surface area (Å²) >= 11 is 11.8. The van der Waals surface area contributed by atoms with Gasteiger partial charge in [-0.2, -0.15) is 0 Å².